The second-order valence-electron chi connectivity index (χ2n) is 7.15. The maximum Gasteiger partial charge on any atom is 0.321 e. The lowest BCUT2D eigenvalue weighted by Crippen LogP contribution is -2.41. The number of hydrogen-bond donors (Lipinski definition) is 1. The fraction of sp³-hybridized carbons (Fsp3) is 0.286. The Morgan fingerprint density at radius 2 is 2.17 bits per heavy atom. The maximum atomic E-state index is 13.4. The van der Waals surface area contributed by atoms with Gasteiger partial charge in [-0.25, -0.2) is 9.18 Å². The van der Waals surface area contributed by atoms with E-state index in [-0.39, 0.29) is 17.8 Å². The second-order valence-corrected chi connectivity index (χ2v) is 7.55. The first kappa shape index (κ1) is 19.4. The number of nitrogens with one attached hydrogen (secondary N) is 1. The normalized spacial score (nSPS) is 16.7. The van der Waals surface area contributed by atoms with Crippen molar-refractivity contribution in [1.82, 2.24) is 15.0 Å². The SMILES string of the molecule is Cc1ccc(NC(=O)N2CCCC(c3nc(-c4cccc(F)c4)no3)C2)cc1Cl. The van der Waals surface area contributed by atoms with E-state index in [1.54, 1.807) is 23.1 Å². The lowest BCUT2D eigenvalue weighted by atomic mass is 9.98. The molecule has 1 saturated heterocycles. The summed E-state index contributed by atoms with van der Waals surface area (Å²) in [7, 11) is 0. The highest BCUT2D eigenvalue weighted by Gasteiger charge is 2.29. The number of aryl methyl sites for hydroxylation is 1. The molecule has 6 nitrogen and oxygen atoms in total. The van der Waals surface area contributed by atoms with Crippen molar-refractivity contribution in [2.24, 2.45) is 0 Å². The molecule has 29 heavy (non-hydrogen) atoms. The summed E-state index contributed by atoms with van der Waals surface area (Å²) < 4.78 is 18.8. The van der Waals surface area contributed by atoms with Crippen LogP contribution in [-0.2, 0) is 0 Å². The fourth-order valence-corrected chi connectivity index (χ4v) is 3.56. The summed E-state index contributed by atoms with van der Waals surface area (Å²) in [4.78, 5) is 18.8. The van der Waals surface area contributed by atoms with E-state index in [1.165, 1.54) is 12.1 Å². The molecule has 1 aliphatic heterocycles. The van der Waals surface area contributed by atoms with Gasteiger partial charge in [-0.1, -0.05) is 35.0 Å². The second kappa shape index (κ2) is 8.21. The molecule has 1 aromatic heterocycles. The van der Waals surface area contributed by atoms with Crippen LogP contribution in [0.5, 0.6) is 0 Å². The number of hydrogen-bond acceptors (Lipinski definition) is 4. The fourth-order valence-electron chi connectivity index (χ4n) is 3.38. The summed E-state index contributed by atoms with van der Waals surface area (Å²) in [6, 6.07) is 11.3. The van der Waals surface area contributed by atoms with Crippen molar-refractivity contribution in [2.75, 3.05) is 18.4 Å². The zero-order valence-corrected chi connectivity index (χ0v) is 16.6. The van der Waals surface area contributed by atoms with Crippen LogP contribution in [0.1, 0.15) is 30.2 Å². The van der Waals surface area contributed by atoms with E-state index in [2.05, 4.69) is 15.5 Å². The first-order valence-corrected chi connectivity index (χ1v) is 9.79. The molecule has 0 saturated carbocycles. The molecule has 0 bridgehead atoms. The quantitative estimate of drug-likeness (QED) is 0.635. The molecule has 4 rings (SSSR count). The molecule has 0 radical (unpaired) electrons. The van der Waals surface area contributed by atoms with Crippen LogP contribution in [0.25, 0.3) is 11.4 Å². The number of benzene rings is 2. The molecular formula is C21H20ClFN4O2. The van der Waals surface area contributed by atoms with Gasteiger partial charge in [-0.3, -0.25) is 0 Å². The molecule has 1 N–H and O–H groups in total. The zero-order chi connectivity index (χ0) is 20.4. The lowest BCUT2D eigenvalue weighted by Gasteiger charge is -2.31. The molecule has 1 aliphatic rings. The predicted octanol–water partition coefficient (Wildman–Crippen LogP) is 5.25. The van der Waals surface area contributed by atoms with Gasteiger partial charge in [-0.05, 0) is 49.6 Å². The van der Waals surface area contributed by atoms with Crippen LogP contribution in [0, 0.1) is 12.7 Å². The number of amides is 2. The number of nitrogens with zero attached hydrogens (tertiary/aromatic N) is 3. The van der Waals surface area contributed by atoms with Crippen molar-refractivity contribution in [2.45, 2.75) is 25.7 Å². The van der Waals surface area contributed by atoms with E-state index in [0.29, 0.717) is 41.1 Å². The molecule has 2 aromatic carbocycles. The highest BCUT2D eigenvalue weighted by molar-refractivity contribution is 6.31. The average molecular weight is 415 g/mol. The summed E-state index contributed by atoms with van der Waals surface area (Å²) in [6.07, 6.45) is 1.66. The van der Waals surface area contributed by atoms with Crippen LogP contribution in [0.2, 0.25) is 5.02 Å². The number of urea groups is 1. The Hall–Kier alpha value is -2.93. The van der Waals surface area contributed by atoms with Crippen LogP contribution in [0.15, 0.2) is 47.0 Å². The Morgan fingerprint density at radius 1 is 1.31 bits per heavy atom. The molecule has 8 heteroatoms. The topological polar surface area (TPSA) is 71.3 Å². The summed E-state index contributed by atoms with van der Waals surface area (Å²) in [6.45, 7) is 3.02. The number of carbonyl (C=O) groups is 1. The first-order chi connectivity index (χ1) is 14.0. The third kappa shape index (κ3) is 4.40. The van der Waals surface area contributed by atoms with E-state index in [4.69, 9.17) is 16.1 Å². The van der Waals surface area contributed by atoms with Gasteiger partial charge in [0.1, 0.15) is 5.82 Å². The lowest BCUT2D eigenvalue weighted by molar-refractivity contribution is 0.184. The number of carbonyl (C=O) groups excluding carboxylic acids is 1. The Balaban J connectivity index is 1.44. The van der Waals surface area contributed by atoms with Gasteiger partial charge < -0.3 is 14.7 Å². The Bertz CT molecular complexity index is 1040. The van der Waals surface area contributed by atoms with Crippen LogP contribution in [0.3, 0.4) is 0 Å². The van der Waals surface area contributed by atoms with Crippen LogP contribution >= 0.6 is 11.6 Å². The van der Waals surface area contributed by atoms with E-state index in [1.807, 2.05) is 19.1 Å². The smallest absolute Gasteiger partial charge is 0.321 e. The largest absolute Gasteiger partial charge is 0.339 e. The Kier molecular flexibility index (Phi) is 5.49. The number of likely N-dealkylation sites (tertiary alicyclic amines) is 1. The minimum absolute atomic E-state index is 0.0640. The van der Waals surface area contributed by atoms with Gasteiger partial charge in [0.25, 0.3) is 0 Å². The van der Waals surface area contributed by atoms with Gasteiger partial charge in [0.05, 0.1) is 5.92 Å². The minimum Gasteiger partial charge on any atom is -0.339 e. The molecule has 3 aromatic rings. The van der Waals surface area contributed by atoms with Gasteiger partial charge in [0.15, 0.2) is 0 Å². The van der Waals surface area contributed by atoms with Gasteiger partial charge in [0, 0.05) is 29.4 Å². The maximum absolute atomic E-state index is 13.4. The van der Waals surface area contributed by atoms with Crippen molar-refractivity contribution < 1.29 is 13.7 Å². The Labute approximate surface area is 172 Å². The number of halogens is 2. The standard InChI is InChI=1S/C21H20ClFN4O2/c1-13-7-8-17(11-18(13)22)24-21(28)27-9-3-5-15(12-27)20-25-19(26-29-20)14-4-2-6-16(23)10-14/h2,4,6-8,10-11,15H,3,5,9,12H2,1H3,(H,24,28). The summed E-state index contributed by atoms with van der Waals surface area (Å²) >= 11 is 6.13. The van der Waals surface area contributed by atoms with Crippen molar-refractivity contribution in [3.8, 4) is 11.4 Å². The van der Waals surface area contributed by atoms with Gasteiger partial charge >= 0.3 is 6.03 Å². The summed E-state index contributed by atoms with van der Waals surface area (Å²) in [5, 5.41) is 7.46. The third-order valence-corrected chi connectivity index (χ3v) is 5.41. The molecule has 0 spiro atoms. The molecule has 1 atom stereocenters. The highest BCUT2D eigenvalue weighted by Crippen LogP contribution is 2.28. The number of piperidine rings is 1. The molecular weight excluding hydrogens is 395 g/mol. The summed E-state index contributed by atoms with van der Waals surface area (Å²) in [5.74, 6) is 0.381. The number of aromatic nitrogens is 2. The minimum atomic E-state index is -0.356. The van der Waals surface area contributed by atoms with Gasteiger partial charge in [-0.2, -0.15) is 4.98 Å². The average Bonchev–Trinajstić information content (AvgIpc) is 3.21. The monoisotopic (exact) mass is 414 g/mol. The van der Waals surface area contributed by atoms with E-state index in [9.17, 15) is 9.18 Å². The zero-order valence-electron chi connectivity index (χ0n) is 15.9. The molecule has 1 unspecified atom stereocenters. The molecule has 1 fully saturated rings. The molecule has 0 aliphatic carbocycles. The predicted molar refractivity (Wildman–Crippen MR) is 108 cm³/mol. The summed E-state index contributed by atoms with van der Waals surface area (Å²) in [5.41, 5.74) is 2.16. The number of anilines is 1. The van der Waals surface area contributed by atoms with E-state index in [0.717, 1.165) is 18.4 Å². The van der Waals surface area contributed by atoms with Crippen LogP contribution in [-0.4, -0.2) is 34.2 Å². The third-order valence-electron chi connectivity index (χ3n) is 5.01. The Morgan fingerprint density at radius 3 is 2.97 bits per heavy atom. The van der Waals surface area contributed by atoms with Gasteiger partial charge in [-0.15, -0.1) is 0 Å². The van der Waals surface area contributed by atoms with E-state index >= 15 is 0 Å². The van der Waals surface area contributed by atoms with Gasteiger partial charge in [0.2, 0.25) is 11.7 Å². The number of rotatable bonds is 3. The highest BCUT2D eigenvalue weighted by atomic mass is 35.5. The van der Waals surface area contributed by atoms with E-state index < -0.39 is 0 Å². The van der Waals surface area contributed by atoms with Crippen LogP contribution in [0.4, 0.5) is 14.9 Å². The van der Waals surface area contributed by atoms with Crippen molar-refractivity contribution >= 4 is 23.3 Å². The first-order valence-electron chi connectivity index (χ1n) is 9.41. The molecule has 150 valence electrons. The van der Waals surface area contributed by atoms with Crippen molar-refractivity contribution in [1.29, 1.82) is 0 Å². The van der Waals surface area contributed by atoms with Crippen molar-refractivity contribution in [3.05, 3.63) is 64.8 Å². The van der Waals surface area contributed by atoms with Crippen LogP contribution < -0.4 is 5.32 Å². The van der Waals surface area contributed by atoms with Crippen molar-refractivity contribution in [3.63, 3.8) is 0 Å². The molecule has 2 amide bonds. The molecule has 2 heterocycles.